The maximum Gasteiger partial charge on any atom is 0.295 e. The van der Waals surface area contributed by atoms with Crippen LogP contribution in [0.1, 0.15) is 48.9 Å². The van der Waals surface area contributed by atoms with Gasteiger partial charge in [0.1, 0.15) is 17.3 Å². The van der Waals surface area contributed by atoms with E-state index in [0.29, 0.717) is 43.1 Å². The molecular weight excluding hydrogens is 475 g/mol. The summed E-state index contributed by atoms with van der Waals surface area (Å²) in [6, 6.07) is 10.3. The first kappa shape index (κ1) is 26.8. The molecule has 2 aromatic carbocycles. The Morgan fingerprint density at radius 2 is 1.86 bits per heavy atom. The molecule has 4 rings (SSSR count). The number of rotatable bonds is 10. The molecule has 2 heterocycles. The first-order valence-corrected chi connectivity index (χ1v) is 13.0. The molecule has 1 N–H and O–H groups in total. The first-order chi connectivity index (χ1) is 17.9. The number of nitrogens with zero attached hydrogens (tertiary/aromatic N) is 2. The van der Waals surface area contributed by atoms with E-state index in [4.69, 9.17) is 9.47 Å². The zero-order valence-electron chi connectivity index (χ0n) is 21.5. The number of ether oxygens (including phenoxy) is 2. The van der Waals surface area contributed by atoms with Crippen molar-refractivity contribution in [3.05, 3.63) is 70.5 Å². The molecule has 0 spiro atoms. The fourth-order valence-corrected chi connectivity index (χ4v) is 4.89. The van der Waals surface area contributed by atoms with Crippen molar-refractivity contribution in [1.82, 2.24) is 9.80 Å². The second-order valence-electron chi connectivity index (χ2n) is 9.50. The summed E-state index contributed by atoms with van der Waals surface area (Å²) in [4.78, 5) is 30.1. The fraction of sp³-hybridized carbons (Fsp3) is 0.448. The third-order valence-corrected chi connectivity index (χ3v) is 6.94. The molecule has 7 nitrogen and oxygen atoms in total. The number of hydrogen-bond donors (Lipinski definition) is 1. The molecule has 2 saturated heterocycles. The monoisotopic (exact) mass is 510 g/mol. The van der Waals surface area contributed by atoms with E-state index < -0.39 is 23.5 Å². The fourth-order valence-electron chi connectivity index (χ4n) is 4.89. The van der Waals surface area contributed by atoms with Crippen LogP contribution in [-0.2, 0) is 14.3 Å². The van der Waals surface area contributed by atoms with Crippen LogP contribution < -0.4 is 4.74 Å². The van der Waals surface area contributed by atoms with Crippen molar-refractivity contribution >= 4 is 17.4 Å². The summed E-state index contributed by atoms with van der Waals surface area (Å²) in [5, 5.41) is 11.4. The molecule has 2 fully saturated rings. The smallest absolute Gasteiger partial charge is 0.295 e. The van der Waals surface area contributed by atoms with Crippen molar-refractivity contribution in [2.45, 2.75) is 39.2 Å². The molecule has 0 radical (unpaired) electrons. The maximum atomic E-state index is 15.0. The Labute approximate surface area is 217 Å². The van der Waals surface area contributed by atoms with Gasteiger partial charge >= 0.3 is 0 Å². The third-order valence-electron chi connectivity index (χ3n) is 6.94. The molecule has 37 heavy (non-hydrogen) atoms. The topological polar surface area (TPSA) is 79.3 Å². The van der Waals surface area contributed by atoms with Crippen molar-refractivity contribution < 1.29 is 28.6 Å². The molecule has 8 heteroatoms. The quantitative estimate of drug-likeness (QED) is 0.220. The largest absolute Gasteiger partial charge is 0.507 e. The Bertz CT molecular complexity index is 1160. The lowest BCUT2D eigenvalue weighted by Gasteiger charge is -2.29. The van der Waals surface area contributed by atoms with Gasteiger partial charge in [-0.1, -0.05) is 31.5 Å². The summed E-state index contributed by atoms with van der Waals surface area (Å²) in [6.45, 7) is 8.43. The van der Waals surface area contributed by atoms with Gasteiger partial charge in [-0.3, -0.25) is 14.5 Å². The predicted molar refractivity (Wildman–Crippen MR) is 139 cm³/mol. The number of aliphatic hydroxyl groups is 1. The number of morpholine rings is 1. The van der Waals surface area contributed by atoms with Gasteiger partial charge in [0.15, 0.2) is 0 Å². The SMILES string of the molecule is CCCCOc1ccc(C(O)=C2C(=O)C(=O)N(CCCN3CCOCC3)C2c2ccccc2F)c(C)c1. The van der Waals surface area contributed by atoms with Crippen LogP contribution in [0.5, 0.6) is 5.75 Å². The lowest BCUT2D eigenvalue weighted by molar-refractivity contribution is -0.140. The van der Waals surface area contributed by atoms with Crippen LogP contribution in [0.4, 0.5) is 4.39 Å². The normalized spacial score (nSPS) is 20.0. The number of aliphatic hydroxyl groups excluding tert-OH is 1. The lowest BCUT2D eigenvalue weighted by atomic mass is 9.93. The number of carbonyl (C=O) groups is 2. The predicted octanol–water partition coefficient (Wildman–Crippen LogP) is 4.46. The number of halogens is 1. The molecule has 2 aliphatic heterocycles. The van der Waals surface area contributed by atoms with Gasteiger partial charge in [-0.25, -0.2) is 4.39 Å². The molecule has 1 atom stereocenters. The zero-order chi connectivity index (χ0) is 26.4. The molecule has 0 bridgehead atoms. The number of likely N-dealkylation sites (tertiary alicyclic amines) is 1. The Morgan fingerprint density at radius 3 is 2.57 bits per heavy atom. The summed E-state index contributed by atoms with van der Waals surface area (Å²) in [7, 11) is 0. The highest BCUT2D eigenvalue weighted by Crippen LogP contribution is 2.41. The molecular formula is C29H35FN2O5. The minimum Gasteiger partial charge on any atom is -0.507 e. The Kier molecular flexibility index (Phi) is 8.95. The number of hydrogen-bond acceptors (Lipinski definition) is 6. The summed E-state index contributed by atoms with van der Waals surface area (Å²) in [5.41, 5.74) is 1.20. The highest BCUT2D eigenvalue weighted by molar-refractivity contribution is 6.46. The number of aryl methyl sites for hydroxylation is 1. The zero-order valence-corrected chi connectivity index (χ0v) is 21.5. The van der Waals surface area contributed by atoms with E-state index in [1.807, 2.05) is 0 Å². The van der Waals surface area contributed by atoms with Crippen LogP contribution in [0.2, 0.25) is 0 Å². The summed E-state index contributed by atoms with van der Waals surface area (Å²) >= 11 is 0. The highest BCUT2D eigenvalue weighted by Gasteiger charge is 2.46. The Balaban J connectivity index is 1.66. The lowest BCUT2D eigenvalue weighted by Crippen LogP contribution is -2.39. The summed E-state index contributed by atoms with van der Waals surface area (Å²) in [6.07, 6.45) is 2.56. The second kappa shape index (κ2) is 12.3. The van der Waals surface area contributed by atoms with Crippen molar-refractivity contribution in [2.24, 2.45) is 0 Å². The van der Waals surface area contributed by atoms with Gasteiger partial charge in [-0.15, -0.1) is 0 Å². The molecule has 2 aromatic rings. The van der Waals surface area contributed by atoms with Gasteiger partial charge in [0.25, 0.3) is 11.7 Å². The van der Waals surface area contributed by atoms with E-state index in [1.165, 1.54) is 11.0 Å². The maximum absolute atomic E-state index is 15.0. The average molecular weight is 511 g/mol. The van der Waals surface area contributed by atoms with E-state index >= 15 is 4.39 Å². The minimum absolute atomic E-state index is 0.0933. The highest BCUT2D eigenvalue weighted by atomic mass is 19.1. The van der Waals surface area contributed by atoms with Gasteiger partial charge in [-0.05, 0) is 49.6 Å². The van der Waals surface area contributed by atoms with Gasteiger partial charge < -0.3 is 19.5 Å². The van der Waals surface area contributed by atoms with Gasteiger partial charge in [0, 0.05) is 37.3 Å². The Morgan fingerprint density at radius 1 is 1.11 bits per heavy atom. The number of Topliss-reactive ketones (excluding diaryl/α,β-unsaturated/α-hetero) is 1. The van der Waals surface area contributed by atoms with Crippen LogP contribution in [-0.4, -0.2) is 72.6 Å². The molecule has 198 valence electrons. The van der Waals surface area contributed by atoms with E-state index in [9.17, 15) is 14.7 Å². The van der Waals surface area contributed by atoms with Crippen LogP contribution in [0, 0.1) is 12.7 Å². The standard InChI is InChI=1S/C29H35FN2O5/c1-3-4-16-37-21-10-11-22(20(2)19-21)27(33)25-26(23-8-5-6-9-24(23)30)32(29(35)28(25)34)13-7-12-31-14-17-36-18-15-31/h5-6,8-11,19,26,33H,3-4,7,12-18H2,1-2H3. The van der Waals surface area contributed by atoms with Crippen LogP contribution in [0.3, 0.4) is 0 Å². The number of benzene rings is 2. The first-order valence-electron chi connectivity index (χ1n) is 13.0. The van der Waals surface area contributed by atoms with Gasteiger partial charge in [-0.2, -0.15) is 0 Å². The second-order valence-corrected chi connectivity index (χ2v) is 9.50. The minimum atomic E-state index is -1.01. The van der Waals surface area contributed by atoms with Crippen LogP contribution >= 0.6 is 0 Å². The third kappa shape index (κ3) is 6.02. The van der Waals surface area contributed by atoms with E-state index in [-0.39, 0.29) is 23.4 Å². The number of carbonyl (C=O) groups excluding carboxylic acids is 2. The van der Waals surface area contributed by atoms with E-state index in [0.717, 1.165) is 32.5 Å². The van der Waals surface area contributed by atoms with Gasteiger partial charge in [0.2, 0.25) is 0 Å². The molecule has 2 aliphatic rings. The molecule has 0 aliphatic carbocycles. The Hall–Kier alpha value is -3.23. The van der Waals surface area contributed by atoms with Crippen molar-refractivity contribution in [2.75, 3.05) is 46.0 Å². The average Bonchev–Trinajstić information content (AvgIpc) is 3.14. The van der Waals surface area contributed by atoms with Crippen LogP contribution in [0.15, 0.2) is 48.0 Å². The number of unbranched alkanes of at least 4 members (excludes halogenated alkanes) is 1. The molecule has 1 amide bonds. The van der Waals surface area contributed by atoms with E-state index in [2.05, 4.69) is 11.8 Å². The molecule has 1 unspecified atom stereocenters. The van der Waals surface area contributed by atoms with E-state index in [1.54, 1.807) is 43.3 Å². The van der Waals surface area contributed by atoms with Crippen LogP contribution in [0.25, 0.3) is 5.76 Å². The van der Waals surface area contributed by atoms with Crippen molar-refractivity contribution in [3.8, 4) is 5.75 Å². The summed E-state index contributed by atoms with van der Waals surface area (Å²) in [5.74, 6) is -1.71. The van der Waals surface area contributed by atoms with Crippen molar-refractivity contribution in [3.63, 3.8) is 0 Å². The van der Waals surface area contributed by atoms with Crippen molar-refractivity contribution in [1.29, 1.82) is 0 Å². The molecule has 0 saturated carbocycles. The molecule has 0 aromatic heterocycles. The number of amides is 1. The van der Waals surface area contributed by atoms with Gasteiger partial charge in [0.05, 0.1) is 31.4 Å². The summed E-state index contributed by atoms with van der Waals surface area (Å²) < 4.78 is 26.2. The number of ketones is 1.